The van der Waals surface area contributed by atoms with E-state index >= 15 is 0 Å². The van der Waals surface area contributed by atoms with Gasteiger partial charge >= 0.3 is 0 Å². The first-order valence-electron chi connectivity index (χ1n) is 1.70. The van der Waals surface area contributed by atoms with Crippen molar-refractivity contribution < 1.29 is 22.4 Å². The predicted molar refractivity (Wildman–Crippen MR) is 22.0 cm³/mol. The Hall–Kier alpha value is -0.180. The summed E-state index contributed by atoms with van der Waals surface area (Å²) in [5.41, 5.74) is 0. The Balaban J connectivity index is 0.000000360. The van der Waals surface area contributed by atoms with Gasteiger partial charge in [0.15, 0.2) is 0 Å². The topological polar surface area (TPSA) is 25.8 Å². The molecule has 1 rings (SSSR count). The van der Waals surface area contributed by atoms with E-state index in [2.05, 4.69) is 9.97 Å². The molecule has 0 unspecified atom stereocenters. The average molecular weight is 188 g/mol. The maximum atomic E-state index is 3.72. The molecule has 7 heavy (non-hydrogen) atoms. The molecule has 0 aromatic carbocycles. The van der Waals surface area contributed by atoms with Crippen LogP contribution in [0.2, 0.25) is 0 Å². The van der Waals surface area contributed by atoms with Crippen molar-refractivity contribution in [1.29, 1.82) is 0 Å². The van der Waals surface area contributed by atoms with E-state index in [9.17, 15) is 0 Å². The van der Waals surface area contributed by atoms with E-state index in [1.165, 1.54) is 0 Å². The van der Waals surface area contributed by atoms with Crippen molar-refractivity contribution in [2.75, 3.05) is 0 Å². The molecule has 0 saturated heterocycles. The Kier molecular flexibility index (Phi) is 3.89. The number of aromatic nitrogens is 2. The van der Waals surface area contributed by atoms with Crippen LogP contribution in [0.3, 0.4) is 0 Å². The van der Waals surface area contributed by atoms with Crippen LogP contribution < -0.4 is 0 Å². The zero-order chi connectivity index (χ0) is 4.24. The third kappa shape index (κ3) is 2.51. The van der Waals surface area contributed by atoms with Crippen molar-refractivity contribution >= 4 is 0 Å². The fourth-order valence-electron chi connectivity index (χ4n) is 0.253. The second-order valence-electron chi connectivity index (χ2n) is 0.894. The van der Waals surface area contributed by atoms with Crippen LogP contribution in [-0.4, -0.2) is 9.97 Å². The summed E-state index contributed by atoms with van der Waals surface area (Å²) in [6.07, 6.45) is 6.56. The molecule has 1 aromatic heterocycles. The number of hydrogen-bond acceptors (Lipinski definition) is 2. The van der Waals surface area contributed by atoms with Gasteiger partial charge in [-0.05, 0) is 0 Å². The summed E-state index contributed by atoms with van der Waals surface area (Å²) >= 11 is 0. The minimum absolute atomic E-state index is 0. The Morgan fingerprint density at radius 2 is 1.00 bits per heavy atom. The molecule has 0 aliphatic rings. The number of nitrogens with zero attached hydrogens (tertiary/aromatic N) is 2. The Morgan fingerprint density at radius 1 is 0.714 bits per heavy atom. The van der Waals surface area contributed by atoms with Crippen molar-refractivity contribution in [2.45, 2.75) is 0 Å². The standard InChI is InChI=1S/C4H4N2.Ag/c1-2-6-4-3-5-1;/h1-4H;. The minimum atomic E-state index is 0. The molecule has 0 atom stereocenters. The number of hydrogen-bond donors (Lipinski definition) is 0. The molecular weight excluding hydrogens is 184 g/mol. The molecule has 1 aromatic rings. The molecule has 1 radical (unpaired) electrons. The fraction of sp³-hybridized carbons (Fsp3) is 0. The van der Waals surface area contributed by atoms with Gasteiger partial charge in [0.1, 0.15) is 0 Å². The molecule has 0 amide bonds. The summed E-state index contributed by atoms with van der Waals surface area (Å²) in [7, 11) is 0. The predicted octanol–water partition coefficient (Wildman–Crippen LogP) is 0.474. The summed E-state index contributed by atoms with van der Waals surface area (Å²) in [4.78, 5) is 7.44. The summed E-state index contributed by atoms with van der Waals surface area (Å²) in [6, 6.07) is 0. The van der Waals surface area contributed by atoms with Gasteiger partial charge in [0, 0.05) is 47.2 Å². The van der Waals surface area contributed by atoms with Gasteiger partial charge in [0.25, 0.3) is 0 Å². The first-order chi connectivity index (χ1) is 3.00. The minimum Gasteiger partial charge on any atom is -0.262 e. The molecule has 0 saturated carbocycles. The smallest absolute Gasteiger partial charge is 0.0451 e. The Morgan fingerprint density at radius 3 is 1.14 bits per heavy atom. The summed E-state index contributed by atoms with van der Waals surface area (Å²) < 4.78 is 0. The first-order valence-corrected chi connectivity index (χ1v) is 1.70. The van der Waals surface area contributed by atoms with Crippen molar-refractivity contribution in [1.82, 2.24) is 9.97 Å². The van der Waals surface area contributed by atoms with Gasteiger partial charge in [-0.25, -0.2) is 0 Å². The van der Waals surface area contributed by atoms with Crippen molar-refractivity contribution in [2.24, 2.45) is 0 Å². The summed E-state index contributed by atoms with van der Waals surface area (Å²) in [6.45, 7) is 0. The molecule has 0 aliphatic carbocycles. The van der Waals surface area contributed by atoms with Gasteiger partial charge in [-0.3, -0.25) is 9.97 Å². The molecular formula is C4H4AgN2. The third-order valence-electron chi connectivity index (χ3n) is 0.478. The molecule has 41 valence electrons. The molecule has 3 heteroatoms. The van der Waals surface area contributed by atoms with Crippen LogP contribution in [0.15, 0.2) is 24.8 Å². The third-order valence-corrected chi connectivity index (χ3v) is 0.478. The molecule has 0 fully saturated rings. The Bertz CT molecular complexity index is 81.6. The van der Waals surface area contributed by atoms with Gasteiger partial charge in [-0.2, -0.15) is 0 Å². The largest absolute Gasteiger partial charge is 0.262 e. The SMILES string of the molecule is [Ag].c1cnccn1. The molecule has 0 N–H and O–H groups in total. The molecule has 0 aliphatic heterocycles. The van der Waals surface area contributed by atoms with Gasteiger partial charge in [-0.1, -0.05) is 0 Å². The monoisotopic (exact) mass is 187 g/mol. The maximum absolute atomic E-state index is 3.72. The van der Waals surface area contributed by atoms with E-state index < -0.39 is 0 Å². The zero-order valence-corrected chi connectivity index (χ0v) is 4.99. The van der Waals surface area contributed by atoms with Crippen LogP contribution >= 0.6 is 0 Å². The molecule has 1 heterocycles. The maximum Gasteiger partial charge on any atom is 0.0451 e. The van der Waals surface area contributed by atoms with Crippen LogP contribution in [0.1, 0.15) is 0 Å². The van der Waals surface area contributed by atoms with E-state index in [1.807, 2.05) is 0 Å². The molecule has 0 bridgehead atoms. The first kappa shape index (κ1) is 6.82. The van der Waals surface area contributed by atoms with E-state index in [0.717, 1.165) is 0 Å². The normalized spacial score (nSPS) is 6.86. The van der Waals surface area contributed by atoms with Gasteiger partial charge in [0.05, 0.1) is 0 Å². The second-order valence-corrected chi connectivity index (χ2v) is 0.894. The van der Waals surface area contributed by atoms with Crippen molar-refractivity contribution in [3.63, 3.8) is 0 Å². The molecule has 2 nitrogen and oxygen atoms in total. The van der Waals surface area contributed by atoms with Crippen LogP contribution in [-0.2, 0) is 22.4 Å². The average Bonchev–Trinajstić information content (AvgIpc) is 1.72. The van der Waals surface area contributed by atoms with Crippen molar-refractivity contribution in [3.8, 4) is 0 Å². The zero-order valence-electron chi connectivity index (χ0n) is 3.51. The second kappa shape index (κ2) is 3.99. The Labute approximate surface area is 57.5 Å². The molecule has 0 spiro atoms. The summed E-state index contributed by atoms with van der Waals surface area (Å²) in [5, 5.41) is 0. The van der Waals surface area contributed by atoms with Crippen LogP contribution in [0.4, 0.5) is 0 Å². The van der Waals surface area contributed by atoms with E-state index in [4.69, 9.17) is 0 Å². The quantitative estimate of drug-likeness (QED) is 0.553. The van der Waals surface area contributed by atoms with Gasteiger partial charge in [0.2, 0.25) is 0 Å². The van der Waals surface area contributed by atoms with E-state index in [-0.39, 0.29) is 22.4 Å². The van der Waals surface area contributed by atoms with E-state index in [1.54, 1.807) is 24.8 Å². The van der Waals surface area contributed by atoms with Crippen LogP contribution in [0.25, 0.3) is 0 Å². The van der Waals surface area contributed by atoms with Crippen molar-refractivity contribution in [3.05, 3.63) is 24.8 Å². The van der Waals surface area contributed by atoms with Crippen LogP contribution in [0, 0.1) is 0 Å². The van der Waals surface area contributed by atoms with Gasteiger partial charge < -0.3 is 0 Å². The van der Waals surface area contributed by atoms with Crippen LogP contribution in [0.5, 0.6) is 0 Å². The summed E-state index contributed by atoms with van der Waals surface area (Å²) in [5.74, 6) is 0. The fourth-order valence-corrected chi connectivity index (χ4v) is 0.253. The van der Waals surface area contributed by atoms with Gasteiger partial charge in [-0.15, -0.1) is 0 Å². The number of rotatable bonds is 0. The van der Waals surface area contributed by atoms with E-state index in [0.29, 0.717) is 0 Å².